The summed E-state index contributed by atoms with van der Waals surface area (Å²) in [6.45, 7) is 3.88. The van der Waals surface area contributed by atoms with E-state index in [1.54, 1.807) is 18.2 Å². The normalized spacial score (nSPS) is 14.7. The standard InChI is InChI=1S/C22H26N4O3/c1-2-16-13-15(8-10-20(27)28)7-9-19(16)26-21(29)17-5-3-6-18(14-17)25-22-23-11-4-12-24-22/h3,5-10,13-14,22-25H,2,4,11-12H2,1H3,(H,26,29)(H,27,28)/b10-8+. The fourth-order valence-electron chi connectivity index (χ4n) is 3.17. The molecule has 7 nitrogen and oxygen atoms in total. The fraction of sp³-hybridized carbons (Fsp3) is 0.273. The van der Waals surface area contributed by atoms with Gasteiger partial charge in [0, 0.05) is 23.0 Å². The van der Waals surface area contributed by atoms with E-state index >= 15 is 0 Å². The number of nitrogens with one attached hydrogen (secondary N) is 4. The van der Waals surface area contributed by atoms with Crippen LogP contribution in [-0.4, -0.2) is 36.4 Å². The van der Waals surface area contributed by atoms with Gasteiger partial charge in [0.15, 0.2) is 0 Å². The van der Waals surface area contributed by atoms with Crippen LogP contribution in [0, 0.1) is 0 Å². The van der Waals surface area contributed by atoms with Gasteiger partial charge in [0.25, 0.3) is 5.91 Å². The third-order valence-corrected chi connectivity index (χ3v) is 4.66. The van der Waals surface area contributed by atoms with E-state index in [1.165, 1.54) is 6.08 Å². The molecule has 1 saturated heterocycles. The number of hydrogen-bond acceptors (Lipinski definition) is 5. The molecule has 29 heavy (non-hydrogen) atoms. The monoisotopic (exact) mass is 394 g/mol. The van der Waals surface area contributed by atoms with E-state index < -0.39 is 5.97 Å². The van der Waals surface area contributed by atoms with Gasteiger partial charge in [-0.25, -0.2) is 4.79 Å². The van der Waals surface area contributed by atoms with Crippen LogP contribution in [0.25, 0.3) is 6.08 Å². The van der Waals surface area contributed by atoms with Crippen molar-refractivity contribution in [3.63, 3.8) is 0 Å². The molecule has 0 unspecified atom stereocenters. The average Bonchev–Trinajstić information content (AvgIpc) is 2.73. The van der Waals surface area contributed by atoms with Crippen LogP contribution in [0.5, 0.6) is 0 Å². The average molecular weight is 394 g/mol. The van der Waals surface area contributed by atoms with Crippen molar-refractivity contribution in [3.05, 3.63) is 65.2 Å². The molecule has 0 spiro atoms. The summed E-state index contributed by atoms with van der Waals surface area (Å²) < 4.78 is 0. The molecule has 2 aromatic carbocycles. The Bertz CT molecular complexity index is 905. The molecule has 0 bridgehead atoms. The lowest BCUT2D eigenvalue weighted by molar-refractivity contribution is -0.131. The molecule has 152 valence electrons. The van der Waals surface area contributed by atoms with Gasteiger partial charge in [0.05, 0.1) is 0 Å². The molecule has 1 aliphatic rings. The number of carbonyl (C=O) groups excluding carboxylic acids is 1. The van der Waals surface area contributed by atoms with E-state index in [1.807, 2.05) is 31.2 Å². The van der Waals surface area contributed by atoms with Gasteiger partial charge < -0.3 is 15.7 Å². The molecule has 7 heteroatoms. The van der Waals surface area contributed by atoms with Crippen molar-refractivity contribution in [3.8, 4) is 0 Å². The van der Waals surface area contributed by atoms with Crippen LogP contribution in [0.3, 0.4) is 0 Å². The minimum atomic E-state index is -0.993. The molecule has 1 heterocycles. The van der Waals surface area contributed by atoms with Gasteiger partial charge in [-0.15, -0.1) is 0 Å². The Balaban J connectivity index is 1.71. The van der Waals surface area contributed by atoms with E-state index in [0.29, 0.717) is 12.0 Å². The number of aliphatic carboxylic acids is 1. The maximum atomic E-state index is 12.8. The smallest absolute Gasteiger partial charge is 0.328 e. The lowest BCUT2D eigenvalue weighted by Crippen LogP contribution is -2.53. The highest BCUT2D eigenvalue weighted by molar-refractivity contribution is 6.05. The van der Waals surface area contributed by atoms with Crippen LogP contribution < -0.4 is 21.3 Å². The summed E-state index contributed by atoms with van der Waals surface area (Å²) in [6.07, 6.45) is 4.42. The zero-order valence-electron chi connectivity index (χ0n) is 16.4. The predicted octanol–water partition coefficient (Wildman–Crippen LogP) is 2.88. The van der Waals surface area contributed by atoms with Crippen molar-refractivity contribution in [2.75, 3.05) is 23.7 Å². The molecule has 1 fully saturated rings. The maximum absolute atomic E-state index is 12.8. The number of anilines is 2. The van der Waals surface area contributed by atoms with Gasteiger partial charge >= 0.3 is 5.97 Å². The SMILES string of the molecule is CCc1cc(/C=C/C(=O)O)ccc1NC(=O)c1cccc(NC2NCCCN2)c1. The summed E-state index contributed by atoms with van der Waals surface area (Å²) >= 11 is 0. The fourth-order valence-corrected chi connectivity index (χ4v) is 3.17. The number of hydrogen-bond donors (Lipinski definition) is 5. The zero-order valence-corrected chi connectivity index (χ0v) is 16.4. The number of amides is 1. The number of rotatable bonds is 7. The number of carboxylic acid groups (broad SMARTS) is 1. The molecule has 1 aliphatic heterocycles. The van der Waals surface area contributed by atoms with Crippen LogP contribution in [-0.2, 0) is 11.2 Å². The van der Waals surface area contributed by atoms with Gasteiger partial charge in [-0.1, -0.05) is 19.1 Å². The van der Waals surface area contributed by atoms with Crippen LogP contribution >= 0.6 is 0 Å². The number of aryl methyl sites for hydroxylation is 1. The minimum Gasteiger partial charge on any atom is -0.478 e. The third-order valence-electron chi connectivity index (χ3n) is 4.66. The minimum absolute atomic E-state index is 0.0137. The van der Waals surface area contributed by atoms with E-state index in [0.717, 1.165) is 48.1 Å². The van der Waals surface area contributed by atoms with Gasteiger partial charge in [-0.05, 0) is 73.5 Å². The van der Waals surface area contributed by atoms with Crippen molar-refractivity contribution < 1.29 is 14.7 Å². The Morgan fingerprint density at radius 2 is 1.97 bits per heavy atom. The molecule has 0 aliphatic carbocycles. The first-order valence-corrected chi connectivity index (χ1v) is 9.74. The van der Waals surface area contributed by atoms with Crippen molar-refractivity contribution >= 4 is 29.3 Å². The van der Waals surface area contributed by atoms with Crippen molar-refractivity contribution in [1.29, 1.82) is 0 Å². The van der Waals surface area contributed by atoms with Gasteiger partial charge in [0.2, 0.25) is 0 Å². The van der Waals surface area contributed by atoms with Gasteiger partial charge in [-0.2, -0.15) is 0 Å². The van der Waals surface area contributed by atoms with E-state index in [-0.39, 0.29) is 12.2 Å². The maximum Gasteiger partial charge on any atom is 0.328 e. The summed E-state index contributed by atoms with van der Waals surface area (Å²) in [5.41, 5.74) is 3.85. The highest BCUT2D eigenvalue weighted by Crippen LogP contribution is 2.21. The summed E-state index contributed by atoms with van der Waals surface area (Å²) in [5.74, 6) is -1.19. The second-order valence-electron chi connectivity index (χ2n) is 6.82. The number of carbonyl (C=O) groups is 2. The van der Waals surface area contributed by atoms with E-state index in [2.05, 4.69) is 21.3 Å². The lowest BCUT2D eigenvalue weighted by atomic mass is 10.1. The molecule has 5 N–H and O–H groups in total. The van der Waals surface area contributed by atoms with Gasteiger partial charge in [0.1, 0.15) is 6.29 Å². The summed E-state index contributed by atoms with van der Waals surface area (Å²) in [7, 11) is 0. The number of carboxylic acids is 1. The first-order chi connectivity index (χ1) is 14.0. The van der Waals surface area contributed by atoms with Gasteiger partial charge in [-0.3, -0.25) is 15.4 Å². The van der Waals surface area contributed by atoms with Crippen LogP contribution in [0.2, 0.25) is 0 Å². The van der Waals surface area contributed by atoms with Crippen LogP contribution in [0.1, 0.15) is 34.8 Å². The Morgan fingerprint density at radius 1 is 1.17 bits per heavy atom. The zero-order chi connectivity index (χ0) is 20.6. The third kappa shape index (κ3) is 5.91. The lowest BCUT2D eigenvalue weighted by Gasteiger charge is -2.26. The Labute approximate surface area is 170 Å². The molecule has 0 atom stereocenters. The topological polar surface area (TPSA) is 102 Å². The largest absolute Gasteiger partial charge is 0.478 e. The molecular weight excluding hydrogens is 368 g/mol. The molecular formula is C22H26N4O3. The molecule has 1 amide bonds. The summed E-state index contributed by atoms with van der Waals surface area (Å²) in [6, 6.07) is 12.8. The molecule has 3 rings (SSSR count). The first kappa shape index (κ1) is 20.6. The first-order valence-electron chi connectivity index (χ1n) is 9.74. The molecule has 0 saturated carbocycles. The quantitative estimate of drug-likeness (QED) is 0.463. The summed E-state index contributed by atoms with van der Waals surface area (Å²) in [5, 5.41) is 21.7. The van der Waals surface area contributed by atoms with Crippen molar-refractivity contribution in [2.24, 2.45) is 0 Å². The van der Waals surface area contributed by atoms with Crippen LogP contribution in [0.4, 0.5) is 11.4 Å². The molecule has 2 aromatic rings. The Morgan fingerprint density at radius 3 is 2.69 bits per heavy atom. The Kier molecular flexibility index (Phi) is 6.99. The highest BCUT2D eigenvalue weighted by atomic mass is 16.4. The van der Waals surface area contributed by atoms with E-state index in [4.69, 9.17) is 5.11 Å². The van der Waals surface area contributed by atoms with Crippen molar-refractivity contribution in [1.82, 2.24) is 10.6 Å². The van der Waals surface area contributed by atoms with Crippen LogP contribution in [0.15, 0.2) is 48.5 Å². The predicted molar refractivity (Wildman–Crippen MR) is 115 cm³/mol. The Hall–Kier alpha value is -3.16. The molecule has 0 radical (unpaired) electrons. The highest BCUT2D eigenvalue weighted by Gasteiger charge is 2.13. The number of benzene rings is 2. The van der Waals surface area contributed by atoms with Crippen molar-refractivity contribution in [2.45, 2.75) is 26.1 Å². The second-order valence-corrected chi connectivity index (χ2v) is 6.82. The molecule has 0 aromatic heterocycles. The second kappa shape index (κ2) is 9.86. The van der Waals surface area contributed by atoms with E-state index in [9.17, 15) is 9.59 Å². The summed E-state index contributed by atoms with van der Waals surface area (Å²) in [4.78, 5) is 23.5.